The number of aromatic nitrogens is 1. The molecule has 1 aliphatic carbocycles. The van der Waals surface area contributed by atoms with E-state index in [9.17, 15) is 9.59 Å². The zero-order chi connectivity index (χ0) is 23.1. The number of benzene rings is 2. The van der Waals surface area contributed by atoms with E-state index in [1.807, 2.05) is 36.4 Å². The third-order valence-corrected chi connectivity index (χ3v) is 6.95. The number of hydrogen-bond acceptors (Lipinski definition) is 3. The molecule has 5 rings (SSSR count). The number of H-pyrrole nitrogens is 1. The molecule has 33 heavy (non-hydrogen) atoms. The van der Waals surface area contributed by atoms with E-state index in [1.165, 1.54) is 5.56 Å². The van der Waals surface area contributed by atoms with Crippen LogP contribution in [0.5, 0.6) is 5.75 Å². The molecule has 1 aliphatic heterocycles. The molecule has 6 heteroatoms. The maximum atomic E-state index is 13.6. The minimum absolute atomic E-state index is 0.0477. The van der Waals surface area contributed by atoms with Gasteiger partial charge in [0.25, 0.3) is 5.91 Å². The van der Waals surface area contributed by atoms with E-state index in [2.05, 4.69) is 30.2 Å². The number of rotatable bonds is 6. The van der Waals surface area contributed by atoms with Crippen molar-refractivity contribution in [3.8, 4) is 5.75 Å². The molecule has 172 valence electrons. The van der Waals surface area contributed by atoms with Crippen LogP contribution >= 0.6 is 0 Å². The summed E-state index contributed by atoms with van der Waals surface area (Å²) in [5, 5.41) is 4.46. The van der Waals surface area contributed by atoms with Gasteiger partial charge in [-0.3, -0.25) is 9.59 Å². The number of hydrogen-bond donors (Lipinski definition) is 2. The molecule has 0 unspecified atom stereocenters. The Morgan fingerprint density at radius 1 is 1.24 bits per heavy atom. The summed E-state index contributed by atoms with van der Waals surface area (Å²) >= 11 is 0. The summed E-state index contributed by atoms with van der Waals surface area (Å²) in [6.45, 7) is 4.68. The van der Waals surface area contributed by atoms with Gasteiger partial charge in [0.2, 0.25) is 5.91 Å². The fourth-order valence-corrected chi connectivity index (χ4v) is 5.33. The average molecular weight is 446 g/mol. The number of nitrogens with one attached hydrogen (secondary N) is 2. The lowest BCUT2D eigenvalue weighted by Gasteiger charge is -2.31. The topological polar surface area (TPSA) is 74.4 Å². The number of fused-ring (bicyclic) bond motifs is 4. The second-order valence-electron chi connectivity index (χ2n) is 9.62. The summed E-state index contributed by atoms with van der Waals surface area (Å²) in [6, 6.07) is 13.1. The van der Waals surface area contributed by atoms with E-state index >= 15 is 0 Å². The van der Waals surface area contributed by atoms with Crippen molar-refractivity contribution in [1.29, 1.82) is 0 Å². The van der Waals surface area contributed by atoms with E-state index < -0.39 is 6.04 Å². The maximum Gasteiger partial charge on any atom is 0.255 e. The van der Waals surface area contributed by atoms with Crippen LogP contribution in [0.25, 0.3) is 10.9 Å². The highest BCUT2D eigenvalue weighted by atomic mass is 16.5. The average Bonchev–Trinajstić information content (AvgIpc) is 3.35. The van der Waals surface area contributed by atoms with Crippen molar-refractivity contribution in [1.82, 2.24) is 15.2 Å². The zero-order valence-corrected chi connectivity index (χ0v) is 19.5. The standard InChI is InChI=1S/C27H31N3O3/c1-16(2)13-24(30-15-17-7-4-5-8-19(17)27(30)32)26(31)29-23-10-6-9-20-21-14-18(33-3)11-12-22(21)28-25(20)23/h4-5,7-8,11-12,14,16,23-24,28H,6,9-10,13,15H2,1-3H3,(H,29,31)/t23-,24-/m0/s1. The van der Waals surface area contributed by atoms with Crippen LogP contribution in [0.2, 0.25) is 0 Å². The Morgan fingerprint density at radius 3 is 2.82 bits per heavy atom. The van der Waals surface area contributed by atoms with Crippen molar-refractivity contribution in [3.05, 3.63) is 64.8 Å². The number of carbonyl (C=O) groups is 2. The van der Waals surface area contributed by atoms with Crippen molar-refractivity contribution >= 4 is 22.7 Å². The molecule has 2 aliphatic rings. The van der Waals surface area contributed by atoms with E-state index in [1.54, 1.807) is 12.0 Å². The lowest BCUT2D eigenvalue weighted by atomic mass is 9.91. The SMILES string of the molecule is COc1ccc2[nH]c3c(c2c1)CCC[C@@H]3NC(=O)[C@H](CC(C)C)N1Cc2ccccc2C1=O. The molecule has 3 aromatic rings. The first kappa shape index (κ1) is 21.6. The van der Waals surface area contributed by atoms with Gasteiger partial charge in [-0.2, -0.15) is 0 Å². The van der Waals surface area contributed by atoms with Gasteiger partial charge in [-0.05, 0) is 67.0 Å². The van der Waals surface area contributed by atoms with Crippen LogP contribution in [0, 0.1) is 5.92 Å². The Bertz CT molecular complexity index is 1210. The smallest absolute Gasteiger partial charge is 0.255 e. The van der Waals surface area contributed by atoms with E-state index in [4.69, 9.17) is 4.74 Å². The van der Waals surface area contributed by atoms with Gasteiger partial charge < -0.3 is 19.9 Å². The Kier molecular flexibility index (Phi) is 5.60. The molecule has 2 atom stereocenters. The molecule has 0 bridgehead atoms. The number of aromatic amines is 1. The molecule has 0 radical (unpaired) electrons. The summed E-state index contributed by atoms with van der Waals surface area (Å²) in [7, 11) is 1.68. The quantitative estimate of drug-likeness (QED) is 0.575. The van der Waals surface area contributed by atoms with Gasteiger partial charge in [0.05, 0.1) is 13.2 Å². The Balaban J connectivity index is 1.41. The van der Waals surface area contributed by atoms with E-state index in [0.717, 1.165) is 47.2 Å². The molecule has 0 saturated heterocycles. The second-order valence-corrected chi connectivity index (χ2v) is 9.62. The van der Waals surface area contributed by atoms with Gasteiger partial charge in [0.1, 0.15) is 11.8 Å². The molecule has 0 saturated carbocycles. The zero-order valence-electron chi connectivity index (χ0n) is 19.5. The van der Waals surface area contributed by atoms with E-state index in [0.29, 0.717) is 24.4 Å². The lowest BCUT2D eigenvalue weighted by Crippen LogP contribution is -2.49. The number of aryl methyl sites for hydroxylation is 1. The summed E-state index contributed by atoms with van der Waals surface area (Å²) in [5.41, 5.74) is 5.10. The molecular weight excluding hydrogens is 414 g/mol. The Hall–Kier alpha value is -3.28. The number of methoxy groups -OCH3 is 1. The van der Waals surface area contributed by atoms with Crippen LogP contribution in [0.4, 0.5) is 0 Å². The first-order valence-electron chi connectivity index (χ1n) is 11.8. The van der Waals surface area contributed by atoms with Crippen molar-refractivity contribution in [2.24, 2.45) is 5.92 Å². The number of ether oxygens (including phenoxy) is 1. The number of nitrogens with zero attached hydrogens (tertiary/aromatic N) is 1. The van der Waals surface area contributed by atoms with Crippen LogP contribution < -0.4 is 10.1 Å². The minimum Gasteiger partial charge on any atom is -0.497 e. The fourth-order valence-electron chi connectivity index (χ4n) is 5.33. The van der Waals surface area contributed by atoms with Crippen molar-refractivity contribution < 1.29 is 14.3 Å². The first-order chi connectivity index (χ1) is 16.0. The highest BCUT2D eigenvalue weighted by Gasteiger charge is 2.38. The minimum atomic E-state index is -0.486. The van der Waals surface area contributed by atoms with Gasteiger partial charge in [-0.25, -0.2) is 0 Å². The Labute approximate surface area is 194 Å². The van der Waals surface area contributed by atoms with Gasteiger partial charge >= 0.3 is 0 Å². The largest absolute Gasteiger partial charge is 0.497 e. The predicted molar refractivity (Wildman–Crippen MR) is 128 cm³/mol. The Morgan fingerprint density at radius 2 is 2.06 bits per heavy atom. The summed E-state index contributed by atoms with van der Waals surface area (Å²) in [4.78, 5) is 32.0. The summed E-state index contributed by atoms with van der Waals surface area (Å²) in [5.74, 6) is 1.01. The van der Waals surface area contributed by atoms with Gasteiger partial charge in [0.15, 0.2) is 0 Å². The molecule has 6 nitrogen and oxygen atoms in total. The highest BCUT2D eigenvalue weighted by Crippen LogP contribution is 2.36. The van der Waals surface area contributed by atoms with Crippen LogP contribution in [-0.2, 0) is 17.8 Å². The van der Waals surface area contributed by atoms with Gasteiger partial charge in [0, 0.05) is 28.7 Å². The van der Waals surface area contributed by atoms with Crippen LogP contribution in [-0.4, -0.2) is 34.8 Å². The fraction of sp³-hybridized carbons (Fsp3) is 0.407. The molecule has 0 spiro atoms. The molecular formula is C27H31N3O3. The second kappa shape index (κ2) is 8.58. The maximum absolute atomic E-state index is 13.6. The third kappa shape index (κ3) is 3.88. The number of amides is 2. The highest BCUT2D eigenvalue weighted by molar-refractivity contribution is 6.01. The van der Waals surface area contributed by atoms with Crippen LogP contribution in [0.15, 0.2) is 42.5 Å². The first-order valence-corrected chi connectivity index (χ1v) is 11.8. The van der Waals surface area contributed by atoms with Gasteiger partial charge in [-0.1, -0.05) is 32.0 Å². The van der Waals surface area contributed by atoms with Gasteiger partial charge in [-0.15, -0.1) is 0 Å². The summed E-state index contributed by atoms with van der Waals surface area (Å²) < 4.78 is 5.42. The molecule has 2 heterocycles. The monoisotopic (exact) mass is 445 g/mol. The molecule has 2 amide bonds. The van der Waals surface area contributed by atoms with Crippen LogP contribution in [0.3, 0.4) is 0 Å². The van der Waals surface area contributed by atoms with Crippen molar-refractivity contribution in [3.63, 3.8) is 0 Å². The molecule has 1 aromatic heterocycles. The normalized spacial score (nSPS) is 18.4. The predicted octanol–water partition coefficient (Wildman–Crippen LogP) is 4.74. The van der Waals surface area contributed by atoms with Crippen LogP contribution in [0.1, 0.15) is 66.3 Å². The van der Waals surface area contributed by atoms with E-state index in [-0.39, 0.29) is 17.9 Å². The van der Waals surface area contributed by atoms with Crippen molar-refractivity contribution in [2.75, 3.05) is 7.11 Å². The number of carbonyl (C=O) groups excluding carboxylic acids is 2. The molecule has 2 N–H and O–H groups in total. The molecule has 2 aromatic carbocycles. The molecule has 0 fully saturated rings. The third-order valence-electron chi connectivity index (χ3n) is 6.95. The lowest BCUT2D eigenvalue weighted by molar-refractivity contribution is -0.127. The van der Waals surface area contributed by atoms with Crippen molar-refractivity contribution in [2.45, 2.75) is 58.2 Å². The summed E-state index contributed by atoms with van der Waals surface area (Å²) in [6.07, 6.45) is 3.50.